The molecule has 1 saturated heterocycles. The molecule has 2 heterocycles. The number of carbonyl (C=O) groups excluding carboxylic acids is 1. The molecule has 0 aromatic carbocycles. The zero-order chi connectivity index (χ0) is 11.4. The van der Waals surface area contributed by atoms with Crippen LogP contribution in [0.5, 0.6) is 0 Å². The second-order valence-corrected chi connectivity index (χ2v) is 4.28. The van der Waals surface area contributed by atoms with E-state index in [4.69, 9.17) is 11.6 Å². The third-order valence-corrected chi connectivity index (χ3v) is 2.81. The fourth-order valence-corrected chi connectivity index (χ4v) is 1.90. The quantitative estimate of drug-likeness (QED) is 0.857. The van der Waals surface area contributed by atoms with E-state index < -0.39 is 0 Å². The van der Waals surface area contributed by atoms with Crippen LogP contribution in [0.3, 0.4) is 0 Å². The molecule has 5 heteroatoms. The summed E-state index contributed by atoms with van der Waals surface area (Å²) in [5.41, 5.74) is 3.19. The Kier molecular flexibility index (Phi) is 3.74. The first kappa shape index (κ1) is 11.4. The highest BCUT2D eigenvalue weighted by molar-refractivity contribution is 6.30. The average molecular weight is 240 g/mol. The van der Waals surface area contributed by atoms with Crippen molar-refractivity contribution in [1.29, 1.82) is 0 Å². The van der Waals surface area contributed by atoms with Crippen LogP contribution >= 0.6 is 11.6 Å². The molecule has 1 aromatic heterocycles. The van der Waals surface area contributed by atoms with Gasteiger partial charge in [-0.1, -0.05) is 18.0 Å². The van der Waals surface area contributed by atoms with Gasteiger partial charge in [0.2, 0.25) is 0 Å². The predicted molar refractivity (Wildman–Crippen MR) is 62.1 cm³/mol. The topological polar surface area (TPSA) is 45.2 Å². The van der Waals surface area contributed by atoms with Crippen LogP contribution in [-0.2, 0) is 0 Å². The molecule has 4 nitrogen and oxygen atoms in total. The molecule has 1 N–H and O–H groups in total. The lowest BCUT2D eigenvalue weighted by Crippen LogP contribution is -2.45. The maximum Gasteiger partial charge on any atom is 0.284 e. The van der Waals surface area contributed by atoms with Gasteiger partial charge in [-0.05, 0) is 25.0 Å². The summed E-state index contributed by atoms with van der Waals surface area (Å²) in [5.74, 6) is -0.190. The standard InChI is InChI=1S/C11H14ClN3O/c12-9-4-5-13-10(8-9)11(16)14-15-6-2-1-3-7-15/h4-5,8H,1-3,6-7H2,(H,14,16). The summed E-state index contributed by atoms with van der Waals surface area (Å²) in [6.45, 7) is 1.82. The smallest absolute Gasteiger partial charge is 0.283 e. The molecule has 0 unspecified atom stereocenters. The molecule has 2 rings (SSSR count). The number of aromatic nitrogens is 1. The van der Waals surface area contributed by atoms with Crippen LogP contribution in [0.25, 0.3) is 0 Å². The monoisotopic (exact) mass is 239 g/mol. The van der Waals surface area contributed by atoms with Crippen LogP contribution < -0.4 is 5.43 Å². The second kappa shape index (κ2) is 5.27. The lowest BCUT2D eigenvalue weighted by molar-refractivity contribution is 0.0745. The normalized spacial score (nSPS) is 17.1. The molecule has 1 aliphatic rings. The fourth-order valence-electron chi connectivity index (χ4n) is 1.74. The van der Waals surface area contributed by atoms with Crippen molar-refractivity contribution in [3.63, 3.8) is 0 Å². The van der Waals surface area contributed by atoms with Crippen LogP contribution in [-0.4, -0.2) is 29.0 Å². The van der Waals surface area contributed by atoms with Gasteiger partial charge in [-0.3, -0.25) is 15.2 Å². The first-order valence-electron chi connectivity index (χ1n) is 5.43. The van der Waals surface area contributed by atoms with Gasteiger partial charge in [0.1, 0.15) is 5.69 Å². The van der Waals surface area contributed by atoms with Crippen molar-refractivity contribution in [1.82, 2.24) is 15.4 Å². The minimum absolute atomic E-state index is 0.190. The number of hydrazine groups is 1. The van der Waals surface area contributed by atoms with Crippen LogP contribution in [0.2, 0.25) is 5.02 Å². The van der Waals surface area contributed by atoms with Crippen molar-refractivity contribution in [3.8, 4) is 0 Å². The number of amides is 1. The minimum atomic E-state index is -0.190. The van der Waals surface area contributed by atoms with Gasteiger partial charge < -0.3 is 0 Å². The van der Waals surface area contributed by atoms with Gasteiger partial charge in [0, 0.05) is 24.3 Å². The third-order valence-electron chi connectivity index (χ3n) is 2.57. The van der Waals surface area contributed by atoms with E-state index in [1.54, 1.807) is 12.1 Å². The molecule has 86 valence electrons. The van der Waals surface area contributed by atoms with Gasteiger partial charge in [-0.15, -0.1) is 0 Å². The maximum absolute atomic E-state index is 11.8. The highest BCUT2D eigenvalue weighted by atomic mass is 35.5. The Bertz CT molecular complexity index is 377. The molecule has 0 spiro atoms. The van der Waals surface area contributed by atoms with E-state index in [0.717, 1.165) is 25.9 Å². The fraction of sp³-hybridized carbons (Fsp3) is 0.455. The Morgan fingerprint density at radius 2 is 2.12 bits per heavy atom. The van der Waals surface area contributed by atoms with E-state index in [1.807, 2.05) is 5.01 Å². The summed E-state index contributed by atoms with van der Waals surface area (Å²) >= 11 is 5.80. The number of hydrogen-bond acceptors (Lipinski definition) is 3. The molecular formula is C11H14ClN3O. The van der Waals surface area contributed by atoms with Gasteiger partial charge in [0.05, 0.1) is 0 Å². The molecule has 0 atom stereocenters. The van der Waals surface area contributed by atoms with Gasteiger partial charge in [-0.25, -0.2) is 5.01 Å². The van der Waals surface area contributed by atoms with Crippen molar-refractivity contribution in [2.75, 3.05) is 13.1 Å². The van der Waals surface area contributed by atoms with E-state index in [9.17, 15) is 4.79 Å². The molecule has 1 amide bonds. The SMILES string of the molecule is O=C(NN1CCCCC1)c1cc(Cl)ccn1. The largest absolute Gasteiger partial charge is 0.284 e. The van der Waals surface area contributed by atoms with Crippen molar-refractivity contribution < 1.29 is 4.79 Å². The number of rotatable bonds is 2. The van der Waals surface area contributed by atoms with Gasteiger partial charge in [0.25, 0.3) is 5.91 Å². The molecule has 0 radical (unpaired) electrons. The number of carbonyl (C=O) groups is 1. The average Bonchev–Trinajstić information content (AvgIpc) is 2.30. The van der Waals surface area contributed by atoms with E-state index >= 15 is 0 Å². The third kappa shape index (κ3) is 2.93. The van der Waals surface area contributed by atoms with E-state index in [2.05, 4.69) is 10.4 Å². The van der Waals surface area contributed by atoms with Gasteiger partial charge in [0.15, 0.2) is 0 Å². The summed E-state index contributed by atoms with van der Waals surface area (Å²) in [6.07, 6.45) is 5.03. The van der Waals surface area contributed by atoms with Gasteiger partial charge >= 0.3 is 0 Å². The van der Waals surface area contributed by atoms with Crippen LogP contribution in [0.4, 0.5) is 0 Å². The first-order chi connectivity index (χ1) is 7.75. The Labute approximate surface area is 99.6 Å². The number of nitrogens with one attached hydrogen (secondary N) is 1. The predicted octanol–water partition coefficient (Wildman–Crippen LogP) is 1.87. The Hall–Kier alpha value is -1.13. The molecule has 1 fully saturated rings. The zero-order valence-electron chi connectivity index (χ0n) is 8.95. The Balaban J connectivity index is 1.97. The second-order valence-electron chi connectivity index (χ2n) is 3.85. The molecule has 0 saturated carbocycles. The molecule has 0 bridgehead atoms. The summed E-state index contributed by atoms with van der Waals surface area (Å²) in [5, 5.41) is 2.47. The molecule has 0 aliphatic carbocycles. The zero-order valence-corrected chi connectivity index (χ0v) is 9.70. The summed E-state index contributed by atoms with van der Waals surface area (Å²) in [4.78, 5) is 15.8. The summed E-state index contributed by atoms with van der Waals surface area (Å²) in [6, 6.07) is 3.22. The highest BCUT2D eigenvalue weighted by Gasteiger charge is 2.14. The number of nitrogens with zero attached hydrogens (tertiary/aromatic N) is 2. The van der Waals surface area contributed by atoms with Crippen LogP contribution in [0.1, 0.15) is 29.8 Å². The number of hydrogen-bond donors (Lipinski definition) is 1. The molecule has 16 heavy (non-hydrogen) atoms. The van der Waals surface area contributed by atoms with Crippen molar-refractivity contribution in [2.45, 2.75) is 19.3 Å². The van der Waals surface area contributed by atoms with Crippen molar-refractivity contribution in [3.05, 3.63) is 29.0 Å². The maximum atomic E-state index is 11.8. The van der Waals surface area contributed by atoms with Crippen molar-refractivity contribution in [2.24, 2.45) is 0 Å². The van der Waals surface area contributed by atoms with E-state index in [-0.39, 0.29) is 5.91 Å². The molecule has 1 aliphatic heterocycles. The minimum Gasteiger partial charge on any atom is -0.283 e. The molecular weight excluding hydrogens is 226 g/mol. The number of piperidine rings is 1. The number of halogens is 1. The van der Waals surface area contributed by atoms with Crippen LogP contribution in [0, 0.1) is 0 Å². The first-order valence-corrected chi connectivity index (χ1v) is 5.81. The lowest BCUT2D eigenvalue weighted by Gasteiger charge is -2.26. The lowest BCUT2D eigenvalue weighted by atomic mass is 10.2. The summed E-state index contributed by atoms with van der Waals surface area (Å²) < 4.78 is 0. The molecule has 1 aromatic rings. The van der Waals surface area contributed by atoms with E-state index in [1.165, 1.54) is 12.6 Å². The van der Waals surface area contributed by atoms with E-state index in [0.29, 0.717) is 10.7 Å². The van der Waals surface area contributed by atoms with Gasteiger partial charge in [-0.2, -0.15) is 0 Å². The Morgan fingerprint density at radius 1 is 1.38 bits per heavy atom. The highest BCUT2D eigenvalue weighted by Crippen LogP contribution is 2.09. The van der Waals surface area contributed by atoms with Crippen LogP contribution in [0.15, 0.2) is 18.3 Å². The Morgan fingerprint density at radius 3 is 2.81 bits per heavy atom. The summed E-state index contributed by atoms with van der Waals surface area (Å²) in [7, 11) is 0. The van der Waals surface area contributed by atoms with Crippen molar-refractivity contribution >= 4 is 17.5 Å². The number of pyridine rings is 1.